The molecule has 0 amide bonds. The van der Waals surface area contributed by atoms with Crippen LogP contribution >= 0.6 is 0 Å². The van der Waals surface area contributed by atoms with Crippen molar-refractivity contribution >= 4 is 17.9 Å². The number of carbonyl (C=O) groups is 1. The summed E-state index contributed by atoms with van der Waals surface area (Å²) in [5, 5.41) is 0. The third-order valence-corrected chi connectivity index (χ3v) is 3.38. The van der Waals surface area contributed by atoms with Gasteiger partial charge in [-0.15, -0.1) is 0 Å². The highest BCUT2D eigenvalue weighted by Gasteiger charge is 2.25. The Kier molecular flexibility index (Phi) is 4.10. The van der Waals surface area contributed by atoms with Crippen LogP contribution in [0.1, 0.15) is 11.1 Å². The van der Waals surface area contributed by atoms with Gasteiger partial charge in [0.05, 0.1) is 19.8 Å². The second-order valence-corrected chi connectivity index (χ2v) is 4.81. The van der Waals surface area contributed by atoms with Gasteiger partial charge in [0.2, 0.25) is 5.90 Å². The smallest absolute Gasteiger partial charge is 0.363 e. The highest BCUT2D eigenvalue weighted by molar-refractivity contribution is 6.13. The zero-order valence-electron chi connectivity index (χ0n) is 12.8. The van der Waals surface area contributed by atoms with Crippen LogP contribution in [0.5, 0.6) is 11.5 Å². The minimum Gasteiger partial charge on any atom is -0.497 e. The van der Waals surface area contributed by atoms with Crippen molar-refractivity contribution in [3.05, 3.63) is 65.4 Å². The fraction of sp³-hybridized carbons (Fsp3) is 0.111. The van der Waals surface area contributed by atoms with Gasteiger partial charge in [-0.2, -0.15) is 0 Å². The number of aliphatic imine (C=N–C) groups is 1. The van der Waals surface area contributed by atoms with Crippen LogP contribution in [-0.2, 0) is 9.53 Å². The van der Waals surface area contributed by atoms with Crippen LogP contribution in [0.15, 0.2) is 59.2 Å². The summed E-state index contributed by atoms with van der Waals surface area (Å²) in [5.41, 5.74) is 1.72. The fourth-order valence-corrected chi connectivity index (χ4v) is 2.20. The Morgan fingerprint density at radius 3 is 2.43 bits per heavy atom. The molecule has 1 aliphatic rings. The van der Waals surface area contributed by atoms with Crippen molar-refractivity contribution in [2.45, 2.75) is 0 Å². The lowest BCUT2D eigenvalue weighted by molar-refractivity contribution is -0.129. The third-order valence-electron chi connectivity index (χ3n) is 3.38. The molecule has 0 aliphatic carbocycles. The van der Waals surface area contributed by atoms with Crippen molar-refractivity contribution in [3.8, 4) is 11.5 Å². The Labute approximate surface area is 133 Å². The highest BCUT2D eigenvalue weighted by atomic mass is 16.6. The molecule has 5 nitrogen and oxygen atoms in total. The van der Waals surface area contributed by atoms with E-state index < -0.39 is 5.97 Å². The number of ether oxygens (including phenoxy) is 3. The second kappa shape index (κ2) is 6.36. The van der Waals surface area contributed by atoms with Crippen LogP contribution in [0, 0.1) is 0 Å². The summed E-state index contributed by atoms with van der Waals surface area (Å²) >= 11 is 0. The lowest BCUT2D eigenvalue weighted by atomic mass is 10.2. The van der Waals surface area contributed by atoms with Gasteiger partial charge in [-0.1, -0.05) is 24.3 Å². The fourth-order valence-electron chi connectivity index (χ4n) is 2.20. The predicted octanol–water partition coefficient (Wildman–Crippen LogP) is 3.05. The molecular weight excluding hydrogens is 294 g/mol. The first-order valence-electron chi connectivity index (χ1n) is 7.01. The maximum atomic E-state index is 12.0. The average molecular weight is 309 g/mol. The monoisotopic (exact) mass is 309 g/mol. The third kappa shape index (κ3) is 3.08. The summed E-state index contributed by atoms with van der Waals surface area (Å²) in [5.74, 6) is 1.11. The minimum atomic E-state index is -0.485. The Morgan fingerprint density at radius 1 is 1.00 bits per heavy atom. The first kappa shape index (κ1) is 14.8. The largest absolute Gasteiger partial charge is 0.497 e. The standard InChI is InChI=1S/C18H15NO4/c1-21-13-9-7-12(8-10-13)11-15-18(20)23-17(19-15)14-5-3-4-6-16(14)22-2/h3-11H,1-2H3/b15-11+. The van der Waals surface area contributed by atoms with Crippen LogP contribution in [0.25, 0.3) is 6.08 Å². The van der Waals surface area contributed by atoms with Gasteiger partial charge in [-0.25, -0.2) is 9.79 Å². The molecule has 0 unspecified atom stereocenters. The Balaban J connectivity index is 1.93. The van der Waals surface area contributed by atoms with Crippen molar-refractivity contribution in [2.75, 3.05) is 14.2 Å². The number of methoxy groups -OCH3 is 2. The summed E-state index contributed by atoms with van der Waals surface area (Å²) in [6.07, 6.45) is 1.67. The van der Waals surface area contributed by atoms with E-state index >= 15 is 0 Å². The molecule has 0 N–H and O–H groups in total. The van der Waals surface area contributed by atoms with Gasteiger partial charge in [0.25, 0.3) is 0 Å². The number of esters is 1. The predicted molar refractivity (Wildman–Crippen MR) is 86.6 cm³/mol. The number of cyclic esters (lactones) is 1. The molecule has 0 radical (unpaired) electrons. The molecule has 0 aromatic heterocycles. The highest BCUT2D eigenvalue weighted by Crippen LogP contribution is 2.25. The van der Waals surface area contributed by atoms with Crippen molar-refractivity contribution in [1.29, 1.82) is 0 Å². The number of carbonyl (C=O) groups excluding carboxylic acids is 1. The van der Waals surface area contributed by atoms with Crippen LogP contribution in [0.4, 0.5) is 0 Å². The van der Waals surface area contributed by atoms with Crippen LogP contribution < -0.4 is 9.47 Å². The van der Waals surface area contributed by atoms with Gasteiger partial charge in [0.15, 0.2) is 5.70 Å². The molecule has 1 aliphatic heterocycles. The molecule has 3 rings (SSSR count). The summed E-state index contributed by atoms with van der Waals surface area (Å²) in [6, 6.07) is 14.6. The first-order valence-corrected chi connectivity index (χ1v) is 7.01. The lowest BCUT2D eigenvalue weighted by Gasteiger charge is -2.05. The van der Waals surface area contributed by atoms with Crippen LogP contribution in [0.2, 0.25) is 0 Å². The van der Waals surface area contributed by atoms with E-state index in [0.717, 1.165) is 11.3 Å². The average Bonchev–Trinajstić information content (AvgIpc) is 2.96. The second-order valence-electron chi connectivity index (χ2n) is 4.81. The minimum absolute atomic E-state index is 0.243. The molecule has 5 heteroatoms. The van der Waals surface area contributed by atoms with E-state index in [0.29, 0.717) is 11.3 Å². The summed E-state index contributed by atoms with van der Waals surface area (Å²) in [7, 11) is 3.16. The normalized spacial score (nSPS) is 15.3. The van der Waals surface area contributed by atoms with Gasteiger partial charge >= 0.3 is 5.97 Å². The summed E-state index contributed by atoms with van der Waals surface area (Å²) < 4.78 is 15.6. The molecule has 0 fully saturated rings. The number of rotatable bonds is 4. The summed E-state index contributed by atoms with van der Waals surface area (Å²) in [4.78, 5) is 16.3. The van der Waals surface area contributed by atoms with Crippen molar-refractivity contribution in [2.24, 2.45) is 4.99 Å². The zero-order valence-corrected chi connectivity index (χ0v) is 12.8. The van der Waals surface area contributed by atoms with E-state index in [1.54, 1.807) is 32.4 Å². The number of hydrogen-bond donors (Lipinski definition) is 0. The maximum Gasteiger partial charge on any atom is 0.363 e. The molecule has 2 aromatic rings. The van der Waals surface area contributed by atoms with E-state index in [1.165, 1.54) is 0 Å². The van der Waals surface area contributed by atoms with Crippen molar-refractivity contribution in [3.63, 3.8) is 0 Å². The SMILES string of the molecule is COc1ccc(/C=C2/N=C(c3ccccc3OC)OC2=O)cc1. The van der Waals surface area contributed by atoms with E-state index in [2.05, 4.69) is 4.99 Å². The zero-order chi connectivity index (χ0) is 16.2. The molecule has 2 aromatic carbocycles. The van der Waals surface area contributed by atoms with E-state index in [9.17, 15) is 4.79 Å². The van der Waals surface area contributed by atoms with Gasteiger partial charge in [-0.05, 0) is 35.9 Å². The Hall–Kier alpha value is -3.08. The molecule has 0 saturated carbocycles. The van der Waals surface area contributed by atoms with Gasteiger partial charge in [-0.3, -0.25) is 0 Å². The number of benzene rings is 2. The number of hydrogen-bond acceptors (Lipinski definition) is 5. The molecule has 1 heterocycles. The first-order chi connectivity index (χ1) is 11.2. The molecular formula is C18H15NO4. The van der Waals surface area contributed by atoms with Gasteiger partial charge in [0, 0.05) is 0 Å². The van der Waals surface area contributed by atoms with E-state index in [-0.39, 0.29) is 11.6 Å². The van der Waals surface area contributed by atoms with Gasteiger partial charge < -0.3 is 14.2 Å². The molecule has 0 spiro atoms. The quantitative estimate of drug-likeness (QED) is 0.643. The Bertz CT molecular complexity index is 791. The summed E-state index contributed by atoms with van der Waals surface area (Å²) in [6.45, 7) is 0. The Morgan fingerprint density at radius 2 is 1.74 bits per heavy atom. The van der Waals surface area contributed by atoms with Crippen molar-refractivity contribution in [1.82, 2.24) is 0 Å². The lowest BCUT2D eigenvalue weighted by Crippen LogP contribution is -2.06. The molecule has 116 valence electrons. The number of para-hydroxylation sites is 1. The van der Waals surface area contributed by atoms with Crippen molar-refractivity contribution < 1.29 is 19.0 Å². The van der Waals surface area contributed by atoms with E-state index in [4.69, 9.17) is 14.2 Å². The number of nitrogens with zero attached hydrogens (tertiary/aromatic N) is 1. The van der Waals surface area contributed by atoms with Gasteiger partial charge in [0.1, 0.15) is 11.5 Å². The molecule has 0 bridgehead atoms. The van der Waals surface area contributed by atoms with Crippen LogP contribution in [-0.4, -0.2) is 26.1 Å². The van der Waals surface area contributed by atoms with E-state index in [1.807, 2.05) is 36.4 Å². The molecule has 0 saturated heterocycles. The molecule has 23 heavy (non-hydrogen) atoms. The maximum absolute atomic E-state index is 12.0. The topological polar surface area (TPSA) is 57.1 Å². The molecule has 0 atom stereocenters. The van der Waals surface area contributed by atoms with Crippen LogP contribution in [0.3, 0.4) is 0 Å².